The summed E-state index contributed by atoms with van der Waals surface area (Å²) in [6, 6.07) is 9.05. The fourth-order valence-corrected chi connectivity index (χ4v) is 5.44. The van der Waals surface area contributed by atoms with Crippen LogP contribution in [0.5, 0.6) is 0 Å². The number of likely N-dealkylation sites (N-methyl/N-ethyl adjacent to an activating group) is 1. The fraction of sp³-hybridized carbons (Fsp3) is 0.480. The van der Waals surface area contributed by atoms with Crippen molar-refractivity contribution in [2.24, 2.45) is 0 Å². The molecule has 2 atom stereocenters. The van der Waals surface area contributed by atoms with E-state index in [1.165, 1.54) is 17.0 Å². The summed E-state index contributed by atoms with van der Waals surface area (Å²) in [6.07, 6.45) is 2.45. The van der Waals surface area contributed by atoms with Gasteiger partial charge >= 0.3 is 6.03 Å². The van der Waals surface area contributed by atoms with Gasteiger partial charge in [-0.05, 0) is 42.0 Å². The highest BCUT2D eigenvalue weighted by molar-refractivity contribution is 7.09. The fourth-order valence-electron chi connectivity index (χ4n) is 4.74. The van der Waals surface area contributed by atoms with E-state index in [0.29, 0.717) is 13.0 Å². The Morgan fingerprint density at radius 2 is 1.97 bits per heavy atom. The number of nitrogens with zero attached hydrogens (tertiary/aromatic N) is 4. The van der Waals surface area contributed by atoms with Crippen molar-refractivity contribution in [2.75, 3.05) is 26.7 Å². The first-order valence-electron chi connectivity index (χ1n) is 12.0. The summed E-state index contributed by atoms with van der Waals surface area (Å²) >= 11 is 1.65. The Balaban J connectivity index is 1.54. The number of amides is 4. The number of piperazine rings is 1. The number of hydrazine groups is 1. The number of nitrogens with one attached hydrogen (secondary N) is 1. The molecule has 2 saturated heterocycles. The van der Waals surface area contributed by atoms with Gasteiger partial charge in [0, 0.05) is 25.0 Å². The van der Waals surface area contributed by atoms with Gasteiger partial charge in [-0.1, -0.05) is 38.0 Å². The van der Waals surface area contributed by atoms with Crippen molar-refractivity contribution >= 4 is 29.2 Å². The van der Waals surface area contributed by atoms with Gasteiger partial charge in [-0.25, -0.2) is 19.2 Å². The second-order valence-electron chi connectivity index (χ2n) is 9.00. The Labute approximate surface area is 209 Å². The van der Waals surface area contributed by atoms with Gasteiger partial charge in [-0.3, -0.25) is 9.59 Å². The Morgan fingerprint density at radius 1 is 1.20 bits per heavy atom. The number of fused-ring (bicyclic) bond motifs is 1. The zero-order valence-electron chi connectivity index (χ0n) is 20.2. The van der Waals surface area contributed by atoms with Crippen LogP contribution in [0.15, 0.2) is 41.8 Å². The first-order valence-corrected chi connectivity index (χ1v) is 12.9. The normalized spacial score (nSPS) is 20.8. The number of carbonyl (C=O) groups excluding carboxylic acids is 3. The van der Waals surface area contributed by atoms with Gasteiger partial charge in [0.15, 0.2) is 0 Å². The van der Waals surface area contributed by atoms with Gasteiger partial charge in [-0.2, -0.15) is 0 Å². The van der Waals surface area contributed by atoms with Crippen LogP contribution in [-0.4, -0.2) is 76.6 Å². The van der Waals surface area contributed by atoms with Gasteiger partial charge in [0.1, 0.15) is 18.0 Å². The van der Waals surface area contributed by atoms with Gasteiger partial charge in [0.25, 0.3) is 0 Å². The minimum absolute atomic E-state index is 0.0194. The van der Waals surface area contributed by atoms with Crippen molar-refractivity contribution in [3.8, 4) is 0 Å². The van der Waals surface area contributed by atoms with E-state index in [1.807, 2.05) is 17.5 Å². The standard InChI is InChI=1S/C25H32FN5O3S/c1-3-4-7-21-24(33)29(13-12-20-6-5-14-35-20)16-22-30(21)23(32)17-28(2)31(22)25(34)27-15-18-8-10-19(26)11-9-18/h5-6,8-11,14,21-22H,3-4,7,12-13,15-17H2,1-2H3,(H,27,34)/t21-,22-/m0/s1. The van der Waals surface area contributed by atoms with Crippen LogP contribution in [0.4, 0.5) is 9.18 Å². The maximum atomic E-state index is 13.5. The molecule has 0 bridgehead atoms. The molecule has 0 saturated carbocycles. The second-order valence-corrected chi connectivity index (χ2v) is 10.0. The van der Waals surface area contributed by atoms with Crippen LogP contribution in [0.2, 0.25) is 0 Å². The summed E-state index contributed by atoms with van der Waals surface area (Å²) in [5.41, 5.74) is 0.768. The molecule has 1 N–H and O–H groups in total. The largest absolute Gasteiger partial charge is 0.337 e. The quantitative estimate of drug-likeness (QED) is 0.603. The number of unbranched alkanes of at least 4 members (excludes halogenated alkanes) is 1. The van der Waals surface area contributed by atoms with E-state index in [-0.39, 0.29) is 43.3 Å². The maximum Gasteiger partial charge on any atom is 0.334 e. The highest BCUT2D eigenvalue weighted by Crippen LogP contribution is 2.28. The smallest absolute Gasteiger partial charge is 0.334 e. The molecule has 3 heterocycles. The van der Waals surface area contributed by atoms with Crippen molar-refractivity contribution in [1.82, 2.24) is 25.1 Å². The zero-order valence-corrected chi connectivity index (χ0v) is 21.0. The number of thiophene rings is 1. The molecule has 0 unspecified atom stereocenters. The number of hydrogen-bond donors (Lipinski definition) is 1. The molecule has 2 aliphatic heterocycles. The molecule has 4 rings (SSSR count). The van der Waals surface area contributed by atoms with Crippen LogP contribution >= 0.6 is 11.3 Å². The highest BCUT2D eigenvalue weighted by Gasteiger charge is 2.50. The molecule has 2 aromatic rings. The minimum atomic E-state index is -0.586. The molecule has 188 valence electrons. The van der Waals surface area contributed by atoms with E-state index < -0.39 is 12.2 Å². The predicted molar refractivity (Wildman–Crippen MR) is 132 cm³/mol. The summed E-state index contributed by atoms with van der Waals surface area (Å²) in [5, 5.41) is 8.07. The van der Waals surface area contributed by atoms with Crippen LogP contribution in [0.3, 0.4) is 0 Å². The van der Waals surface area contributed by atoms with Crippen molar-refractivity contribution in [2.45, 2.75) is 51.4 Å². The topological polar surface area (TPSA) is 76.2 Å². The van der Waals surface area contributed by atoms with E-state index in [1.54, 1.807) is 50.3 Å². The Hall–Kier alpha value is -2.98. The number of urea groups is 1. The van der Waals surface area contributed by atoms with E-state index in [0.717, 1.165) is 24.8 Å². The highest BCUT2D eigenvalue weighted by atomic mass is 32.1. The van der Waals surface area contributed by atoms with Crippen LogP contribution < -0.4 is 5.32 Å². The van der Waals surface area contributed by atoms with Crippen molar-refractivity contribution in [3.63, 3.8) is 0 Å². The second kappa shape index (κ2) is 11.2. The third kappa shape index (κ3) is 5.65. The molecule has 35 heavy (non-hydrogen) atoms. The third-order valence-corrected chi connectivity index (χ3v) is 7.48. The number of benzene rings is 1. The monoisotopic (exact) mass is 501 g/mol. The molecule has 4 amide bonds. The van der Waals surface area contributed by atoms with Gasteiger partial charge in [-0.15, -0.1) is 11.3 Å². The molecule has 2 aliphatic rings. The molecule has 10 heteroatoms. The summed E-state index contributed by atoms with van der Waals surface area (Å²) in [4.78, 5) is 44.5. The summed E-state index contributed by atoms with van der Waals surface area (Å²) in [7, 11) is 1.71. The first kappa shape index (κ1) is 25.1. The SMILES string of the molecule is CCCC[C@H]1C(=O)N(CCc2cccs2)C[C@H]2N1C(=O)CN(C)N2C(=O)NCc1ccc(F)cc1. The lowest BCUT2D eigenvalue weighted by atomic mass is 10.0. The van der Waals surface area contributed by atoms with Crippen LogP contribution in [0, 0.1) is 5.82 Å². The molecule has 2 fully saturated rings. The molecule has 0 spiro atoms. The van der Waals surface area contributed by atoms with Gasteiger partial charge in [0.05, 0.1) is 13.1 Å². The van der Waals surface area contributed by atoms with Gasteiger partial charge in [0.2, 0.25) is 11.8 Å². The Bertz CT molecular complexity index is 1030. The Kier molecular flexibility index (Phi) is 8.02. The average molecular weight is 502 g/mol. The van der Waals surface area contributed by atoms with Gasteiger partial charge < -0.3 is 15.1 Å². The molecular weight excluding hydrogens is 469 g/mol. The van der Waals surface area contributed by atoms with Crippen molar-refractivity contribution in [3.05, 3.63) is 58.0 Å². The van der Waals surface area contributed by atoms with Crippen LogP contribution in [0.1, 0.15) is 36.6 Å². The van der Waals surface area contributed by atoms with E-state index in [2.05, 4.69) is 12.2 Å². The first-order chi connectivity index (χ1) is 16.9. The van der Waals surface area contributed by atoms with Crippen LogP contribution in [0.25, 0.3) is 0 Å². The molecule has 8 nitrogen and oxygen atoms in total. The minimum Gasteiger partial charge on any atom is -0.337 e. The summed E-state index contributed by atoms with van der Waals surface area (Å²) in [6.45, 7) is 3.10. The molecule has 0 aliphatic carbocycles. The summed E-state index contributed by atoms with van der Waals surface area (Å²) in [5.74, 6) is -0.527. The maximum absolute atomic E-state index is 13.5. The molecule has 0 radical (unpaired) electrons. The third-order valence-electron chi connectivity index (χ3n) is 6.54. The number of rotatable bonds is 8. The lowest BCUT2D eigenvalue weighted by molar-refractivity contribution is -0.187. The van der Waals surface area contributed by atoms with Crippen molar-refractivity contribution < 1.29 is 18.8 Å². The number of halogens is 1. The lowest BCUT2D eigenvalue weighted by Gasteiger charge is -2.54. The number of hydrogen-bond acceptors (Lipinski definition) is 5. The van der Waals surface area contributed by atoms with Crippen molar-refractivity contribution in [1.29, 1.82) is 0 Å². The predicted octanol–water partition coefficient (Wildman–Crippen LogP) is 3.06. The average Bonchev–Trinajstić information content (AvgIpc) is 3.36. The summed E-state index contributed by atoms with van der Waals surface area (Å²) < 4.78 is 13.2. The van der Waals surface area contributed by atoms with E-state index in [4.69, 9.17) is 0 Å². The molecular formula is C25H32FN5O3S. The molecule has 1 aromatic heterocycles. The zero-order chi connectivity index (χ0) is 24.9. The van der Waals surface area contributed by atoms with E-state index in [9.17, 15) is 18.8 Å². The number of carbonyl (C=O) groups is 3. The van der Waals surface area contributed by atoms with E-state index >= 15 is 0 Å². The molecule has 1 aromatic carbocycles. The Morgan fingerprint density at radius 3 is 2.66 bits per heavy atom. The van der Waals surface area contributed by atoms with Crippen LogP contribution in [-0.2, 0) is 22.6 Å². The lowest BCUT2D eigenvalue weighted by Crippen LogP contribution is -2.76.